The van der Waals surface area contributed by atoms with E-state index in [1.807, 2.05) is 18.2 Å². The van der Waals surface area contributed by atoms with Crippen molar-refractivity contribution in [3.63, 3.8) is 0 Å². The maximum absolute atomic E-state index is 11.1. The van der Waals surface area contributed by atoms with Crippen LogP contribution in [0.5, 0.6) is 0 Å². The highest BCUT2D eigenvalue weighted by Gasteiger charge is 2.20. The summed E-state index contributed by atoms with van der Waals surface area (Å²) in [6.45, 7) is 2.55. The van der Waals surface area contributed by atoms with E-state index < -0.39 is 5.97 Å². The molecule has 0 amide bonds. The molecule has 0 aliphatic carbocycles. The van der Waals surface area contributed by atoms with Gasteiger partial charge in [-0.25, -0.2) is 14.8 Å². The first-order valence-electron chi connectivity index (χ1n) is 6.59. The van der Waals surface area contributed by atoms with E-state index in [4.69, 9.17) is 5.11 Å². The standard InChI is InChI=1S/C15H15N3O2/c1-10-16-12(15(19)20)9-14(17-10)18-8-4-6-11-5-2-3-7-13(11)18/h2-3,5,7,9H,4,6,8H2,1H3,(H,19,20). The van der Waals surface area contributed by atoms with Crippen LogP contribution in [0.25, 0.3) is 0 Å². The van der Waals surface area contributed by atoms with E-state index in [2.05, 4.69) is 20.9 Å². The molecule has 20 heavy (non-hydrogen) atoms. The van der Waals surface area contributed by atoms with Crippen molar-refractivity contribution in [1.82, 2.24) is 9.97 Å². The number of hydrogen-bond acceptors (Lipinski definition) is 4. The van der Waals surface area contributed by atoms with Gasteiger partial charge in [0.25, 0.3) is 0 Å². The average molecular weight is 269 g/mol. The lowest BCUT2D eigenvalue weighted by Crippen LogP contribution is -2.26. The summed E-state index contributed by atoms with van der Waals surface area (Å²) < 4.78 is 0. The normalized spacial score (nSPS) is 13.9. The molecule has 1 N–H and O–H groups in total. The first-order valence-corrected chi connectivity index (χ1v) is 6.59. The number of anilines is 2. The summed E-state index contributed by atoms with van der Waals surface area (Å²) in [5.41, 5.74) is 2.41. The molecule has 0 saturated carbocycles. The Morgan fingerprint density at radius 3 is 2.90 bits per heavy atom. The van der Waals surface area contributed by atoms with Gasteiger partial charge in [0.2, 0.25) is 0 Å². The van der Waals surface area contributed by atoms with Crippen molar-refractivity contribution in [3.8, 4) is 0 Å². The van der Waals surface area contributed by atoms with Crippen LogP contribution in [0.3, 0.4) is 0 Å². The van der Waals surface area contributed by atoms with Gasteiger partial charge < -0.3 is 10.0 Å². The van der Waals surface area contributed by atoms with Gasteiger partial charge in [-0.3, -0.25) is 0 Å². The molecule has 1 aliphatic rings. The van der Waals surface area contributed by atoms with Crippen LogP contribution in [-0.4, -0.2) is 27.6 Å². The Labute approximate surface area is 116 Å². The Kier molecular flexibility index (Phi) is 3.10. The molecule has 0 fully saturated rings. The van der Waals surface area contributed by atoms with Crippen molar-refractivity contribution in [1.29, 1.82) is 0 Å². The number of carbonyl (C=O) groups is 1. The molecule has 102 valence electrons. The summed E-state index contributed by atoms with van der Waals surface area (Å²) in [5.74, 6) is 0.104. The molecule has 2 heterocycles. The van der Waals surface area contributed by atoms with Crippen LogP contribution in [0.15, 0.2) is 30.3 Å². The highest BCUT2D eigenvalue weighted by Crippen LogP contribution is 2.32. The zero-order chi connectivity index (χ0) is 14.1. The first kappa shape index (κ1) is 12.6. The minimum atomic E-state index is -1.03. The number of benzene rings is 1. The predicted octanol–water partition coefficient (Wildman–Crippen LogP) is 2.57. The van der Waals surface area contributed by atoms with Gasteiger partial charge in [-0.05, 0) is 31.4 Å². The van der Waals surface area contributed by atoms with Crippen LogP contribution in [0.4, 0.5) is 11.5 Å². The molecule has 1 aromatic heterocycles. The summed E-state index contributed by atoms with van der Waals surface area (Å²) in [6.07, 6.45) is 2.07. The summed E-state index contributed by atoms with van der Waals surface area (Å²) in [4.78, 5) is 21.5. The number of fused-ring (bicyclic) bond motifs is 1. The highest BCUT2D eigenvalue weighted by molar-refractivity contribution is 5.86. The van der Waals surface area contributed by atoms with Crippen molar-refractivity contribution < 1.29 is 9.90 Å². The lowest BCUT2D eigenvalue weighted by Gasteiger charge is -2.30. The Morgan fingerprint density at radius 1 is 1.30 bits per heavy atom. The second kappa shape index (κ2) is 4.92. The molecule has 1 aliphatic heterocycles. The van der Waals surface area contributed by atoms with Crippen molar-refractivity contribution in [2.24, 2.45) is 0 Å². The minimum Gasteiger partial charge on any atom is -0.477 e. The molecule has 0 radical (unpaired) electrons. The first-order chi connectivity index (χ1) is 9.65. The molecule has 0 atom stereocenters. The molecule has 0 unspecified atom stereocenters. The van der Waals surface area contributed by atoms with Gasteiger partial charge in [0.05, 0.1) is 0 Å². The van der Waals surface area contributed by atoms with Crippen molar-refractivity contribution in [2.45, 2.75) is 19.8 Å². The summed E-state index contributed by atoms with van der Waals surface area (Å²) in [6, 6.07) is 9.71. The number of aryl methyl sites for hydroxylation is 2. The van der Waals surface area contributed by atoms with E-state index in [1.54, 1.807) is 6.92 Å². The van der Waals surface area contributed by atoms with E-state index in [0.29, 0.717) is 11.6 Å². The molecule has 5 nitrogen and oxygen atoms in total. The van der Waals surface area contributed by atoms with E-state index in [1.165, 1.54) is 11.6 Å². The fourth-order valence-electron chi connectivity index (χ4n) is 2.57. The van der Waals surface area contributed by atoms with Crippen molar-refractivity contribution >= 4 is 17.5 Å². The Hall–Kier alpha value is -2.43. The van der Waals surface area contributed by atoms with Crippen LogP contribution in [-0.2, 0) is 6.42 Å². The second-order valence-corrected chi connectivity index (χ2v) is 4.85. The molecule has 0 bridgehead atoms. The third kappa shape index (κ3) is 2.22. The highest BCUT2D eigenvalue weighted by atomic mass is 16.4. The quantitative estimate of drug-likeness (QED) is 0.907. The maximum Gasteiger partial charge on any atom is 0.354 e. The number of nitrogens with zero attached hydrogens (tertiary/aromatic N) is 3. The van der Waals surface area contributed by atoms with Gasteiger partial charge in [0, 0.05) is 18.3 Å². The molecular weight excluding hydrogens is 254 g/mol. The molecule has 2 aromatic rings. The Balaban J connectivity index is 2.08. The minimum absolute atomic E-state index is 0.0376. The van der Waals surface area contributed by atoms with E-state index in [-0.39, 0.29) is 5.69 Å². The third-order valence-corrected chi connectivity index (χ3v) is 3.43. The smallest absolute Gasteiger partial charge is 0.354 e. The monoisotopic (exact) mass is 269 g/mol. The van der Waals surface area contributed by atoms with Crippen LogP contribution in [0.1, 0.15) is 28.3 Å². The SMILES string of the molecule is Cc1nc(C(=O)O)cc(N2CCCc3ccccc32)n1. The summed E-state index contributed by atoms with van der Waals surface area (Å²) in [5, 5.41) is 9.12. The molecular formula is C15H15N3O2. The molecule has 3 rings (SSSR count). The number of rotatable bonds is 2. The van der Waals surface area contributed by atoms with Crippen molar-refractivity contribution in [2.75, 3.05) is 11.4 Å². The number of carboxylic acid groups (broad SMARTS) is 1. The van der Waals surface area contributed by atoms with E-state index in [0.717, 1.165) is 25.1 Å². The third-order valence-electron chi connectivity index (χ3n) is 3.43. The fourth-order valence-corrected chi connectivity index (χ4v) is 2.57. The lowest BCUT2D eigenvalue weighted by molar-refractivity contribution is 0.0690. The van der Waals surface area contributed by atoms with E-state index in [9.17, 15) is 4.79 Å². The van der Waals surface area contributed by atoms with Crippen LogP contribution >= 0.6 is 0 Å². The number of para-hydroxylation sites is 1. The second-order valence-electron chi connectivity index (χ2n) is 4.85. The van der Waals surface area contributed by atoms with Crippen LogP contribution in [0.2, 0.25) is 0 Å². The van der Waals surface area contributed by atoms with Gasteiger partial charge in [0.15, 0.2) is 5.69 Å². The number of aromatic nitrogens is 2. The average Bonchev–Trinajstić information content (AvgIpc) is 2.46. The number of carboxylic acids is 1. The van der Waals surface area contributed by atoms with E-state index >= 15 is 0 Å². The Morgan fingerprint density at radius 2 is 2.10 bits per heavy atom. The van der Waals surface area contributed by atoms with Gasteiger partial charge >= 0.3 is 5.97 Å². The van der Waals surface area contributed by atoms with Crippen LogP contribution in [0, 0.1) is 6.92 Å². The molecule has 0 saturated heterocycles. The van der Waals surface area contributed by atoms with Gasteiger partial charge in [-0.15, -0.1) is 0 Å². The summed E-state index contributed by atoms with van der Waals surface area (Å²) >= 11 is 0. The van der Waals surface area contributed by atoms with Crippen molar-refractivity contribution in [3.05, 3.63) is 47.4 Å². The fraction of sp³-hybridized carbons (Fsp3) is 0.267. The maximum atomic E-state index is 11.1. The zero-order valence-corrected chi connectivity index (χ0v) is 11.2. The predicted molar refractivity (Wildman–Crippen MR) is 75.5 cm³/mol. The summed E-state index contributed by atoms with van der Waals surface area (Å²) in [7, 11) is 0. The molecule has 1 aromatic carbocycles. The van der Waals surface area contributed by atoms with Gasteiger partial charge in [0.1, 0.15) is 11.6 Å². The molecule has 5 heteroatoms. The Bertz CT molecular complexity index is 670. The zero-order valence-electron chi connectivity index (χ0n) is 11.2. The topological polar surface area (TPSA) is 66.3 Å². The largest absolute Gasteiger partial charge is 0.477 e. The van der Waals surface area contributed by atoms with Gasteiger partial charge in [-0.2, -0.15) is 0 Å². The van der Waals surface area contributed by atoms with Gasteiger partial charge in [-0.1, -0.05) is 18.2 Å². The number of hydrogen-bond donors (Lipinski definition) is 1. The number of aromatic carboxylic acids is 1. The molecule has 0 spiro atoms. The van der Waals surface area contributed by atoms with Crippen LogP contribution < -0.4 is 4.90 Å². The lowest BCUT2D eigenvalue weighted by atomic mass is 10.0.